The van der Waals surface area contributed by atoms with Gasteiger partial charge in [0.25, 0.3) is 0 Å². The third-order valence-electron chi connectivity index (χ3n) is 12.3. The highest BCUT2D eigenvalue weighted by Crippen LogP contribution is 2.56. The van der Waals surface area contributed by atoms with E-state index >= 15 is 4.39 Å². The lowest BCUT2D eigenvalue weighted by Crippen LogP contribution is -2.70. The number of esters is 2. The highest BCUT2D eigenvalue weighted by Gasteiger charge is 2.65. The number of carbonyl (C=O) groups is 2. The molecule has 58 heavy (non-hydrogen) atoms. The van der Waals surface area contributed by atoms with E-state index in [1.807, 2.05) is 0 Å². The van der Waals surface area contributed by atoms with Crippen molar-refractivity contribution in [3.05, 3.63) is 71.8 Å². The van der Waals surface area contributed by atoms with E-state index in [4.69, 9.17) is 41.7 Å². The van der Waals surface area contributed by atoms with Gasteiger partial charge in [0.2, 0.25) is 0 Å². The fraction of sp³-hybridized carbons (Fsp3) is 0.682. The van der Waals surface area contributed by atoms with Gasteiger partial charge in [-0.3, -0.25) is 0 Å². The summed E-state index contributed by atoms with van der Waals surface area (Å²) < 4.78 is 76.3. The molecule has 0 spiro atoms. The first-order valence-electron chi connectivity index (χ1n) is 20.6. The topological polar surface area (TPSA) is 117 Å². The van der Waals surface area contributed by atoms with Gasteiger partial charge in [-0.25, -0.2) is 14.0 Å². The molecule has 5 unspecified atom stereocenters. The molecule has 4 heterocycles. The zero-order valence-corrected chi connectivity index (χ0v) is 38.5. The maximum atomic E-state index is 17.3. The lowest BCUT2D eigenvalue weighted by Gasteiger charge is -2.58. The second kappa shape index (κ2) is 16.4. The minimum Gasteiger partial charge on any atom is -0.452 e. The van der Waals surface area contributed by atoms with Gasteiger partial charge in [0, 0.05) is 22.9 Å². The molecule has 0 aromatic heterocycles. The summed E-state index contributed by atoms with van der Waals surface area (Å²) in [7, 11) is -5.34. The van der Waals surface area contributed by atoms with Gasteiger partial charge in [-0.1, -0.05) is 98.7 Å². The summed E-state index contributed by atoms with van der Waals surface area (Å²) in [6, 6.07) is 16.9. The van der Waals surface area contributed by atoms with Crippen molar-refractivity contribution in [2.75, 3.05) is 6.61 Å². The van der Waals surface area contributed by atoms with Gasteiger partial charge >= 0.3 is 20.5 Å². The van der Waals surface area contributed by atoms with Crippen LogP contribution in [0, 0.1) is 0 Å². The third-order valence-corrected chi connectivity index (χ3v) is 21.9. The van der Waals surface area contributed by atoms with Crippen molar-refractivity contribution in [3.63, 3.8) is 0 Å². The predicted octanol–water partition coefficient (Wildman–Crippen LogP) is 9.05. The van der Waals surface area contributed by atoms with E-state index in [9.17, 15) is 9.59 Å². The lowest BCUT2D eigenvalue weighted by molar-refractivity contribution is -0.258. The summed E-state index contributed by atoms with van der Waals surface area (Å²) in [4.78, 5) is 27.4. The first-order chi connectivity index (χ1) is 26.8. The molecule has 322 valence electrons. The van der Waals surface area contributed by atoms with Gasteiger partial charge < -0.3 is 41.7 Å². The molecule has 0 bridgehead atoms. The number of rotatable bonds is 9. The maximum Gasteiger partial charge on any atom is 0.349 e. The Balaban J connectivity index is 1.32. The van der Waals surface area contributed by atoms with Crippen LogP contribution in [0.5, 0.6) is 0 Å². The van der Waals surface area contributed by atoms with Gasteiger partial charge in [0.15, 0.2) is 38.7 Å². The molecule has 4 fully saturated rings. The van der Waals surface area contributed by atoms with E-state index in [2.05, 4.69) is 75.4 Å². The number of ether oxygens (including phenoxy) is 6. The molecule has 4 aliphatic heterocycles. The van der Waals surface area contributed by atoms with Gasteiger partial charge in [0.05, 0.1) is 29.9 Å². The van der Waals surface area contributed by atoms with Crippen LogP contribution < -0.4 is 0 Å². The number of hydrogen-bond acceptors (Lipinski definition) is 11. The first kappa shape index (κ1) is 45.0. The van der Waals surface area contributed by atoms with E-state index in [1.54, 1.807) is 74.5 Å². The smallest absolute Gasteiger partial charge is 0.349 e. The second-order valence-electron chi connectivity index (χ2n) is 20.2. The number of benzene rings is 2. The van der Waals surface area contributed by atoms with Crippen molar-refractivity contribution in [1.82, 2.24) is 0 Å². The maximum absolute atomic E-state index is 17.3. The monoisotopic (exact) mass is 844 g/mol. The fourth-order valence-corrected chi connectivity index (χ4v) is 14.9. The fourth-order valence-electron chi connectivity index (χ4n) is 8.59. The van der Waals surface area contributed by atoms with Crippen LogP contribution in [0.3, 0.4) is 0 Å². The molecule has 14 heteroatoms. The standard InChI is InChI=1S/C44H65FO11Si2/c1-41(2,3)57(12,13)55-32-25-30(49-33-26-48-58(42(4,5)6,43(7,8)9)56-34(32)33)29(45)24-31-35(51-38(46)27-20-16-14-17-21-27)36(37-40(50-31)54-44(10,11)53-37)52-39(47)28-22-18-15-19-23-28/h14-23,29-37,40H,24-26H2,1-13H3/t29?,30?,31?,32-,33?,34+,35-,36+,37+,40?/m1/s1. The normalized spacial score (nSPS) is 31.7. The Bertz CT molecular complexity index is 1730. The summed E-state index contributed by atoms with van der Waals surface area (Å²) in [5, 5.41) is -0.674. The highest BCUT2D eigenvalue weighted by atomic mass is 28.4. The Kier molecular flexibility index (Phi) is 12.7. The van der Waals surface area contributed by atoms with Crippen LogP contribution in [0.15, 0.2) is 60.7 Å². The molecule has 0 amide bonds. The first-order valence-corrected chi connectivity index (χ1v) is 25.4. The van der Waals surface area contributed by atoms with Gasteiger partial charge in [-0.05, 0) is 56.2 Å². The molecule has 0 saturated carbocycles. The molecule has 11 nitrogen and oxygen atoms in total. The van der Waals surface area contributed by atoms with Crippen LogP contribution in [-0.4, -0.2) is 103 Å². The second-order valence-corrected chi connectivity index (χ2v) is 29.8. The van der Waals surface area contributed by atoms with Crippen LogP contribution in [0.1, 0.15) is 110 Å². The molecule has 0 radical (unpaired) electrons. The molecule has 0 N–H and O–H groups in total. The SMILES string of the molecule is CC1(C)OC2OC(CC(F)C3C[C@@H](O[Si](C)(C)C(C)(C)C)[C@@H]4O[Si](C(C)(C)C)(C(C)(C)C)OCC4O3)[C@@H](OC(=O)c3ccccc3)[C@H](OC(=O)c3ccccc3)[C@@H]2O1. The van der Waals surface area contributed by atoms with Crippen LogP contribution in [0.25, 0.3) is 0 Å². The highest BCUT2D eigenvalue weighted by molar-refractivity contribution is 6.74. The van der Waals surface area contributed by atoms with E-state index in [0.717, 1.165) is 0 Å². The summed E-state index contributed by atoms with van der Waals surface area (Å²) in [5.74, 6) is -2.49. The molecule has 10 atom stereocenters. The molecule has 4 aliphatic rings. The molecule has 0 aliphatic carbocycles. The zero-order chi connectivity index (χ0) is 42.6. The predicted molar refractivity (Wildman–Crippen MR) is 221 cm³/mol. The Morgan fingerprint density at radius 2 is 1.34 bits per heavy atom. The van der Waals surface area contributed by atoms with E-state index in [-0.39, 0.29) is 45.7 Å². The van der Waals surface area contributed by atoms with Gasteiger partial charge in [-0.2, -0.15) is 0 Å². The van der Waals surface area contributed by atoms with Crippen molar-refractivity contribution < 1.29 is 55.7 Å². The minimum atomic E-state index is -2.94. The van der Waals surface area contributed by atoms with Crippen molar-refractivity contribution in [2.45, 2.75) is 184 Å². The third kappa shape index (κ3) is 9.20. The van der Waals surface area contributed by atoms with Crippen molar-refractivity contribution in [1.29, 1.82) is 0 Å². The van der Waals surface area contributed by atoms with Crippen LogP contribution in [0.2, 0.25) is 28.2 Å². The molecule has 2 aromatic rings. The summed E-state index contributed by atoms with van der Waals surface area (Å²) in [6.07, 6.45) is -9.82. The van der Waals surface area contributed by atoms with E-state index in [0.29, 0.717) is 0 Å². The van der Waals surface area contributed by atoms with Crippen LogP contribution in [-0.2, 0) is 41.7 Å². The van der Waals surface area contributed by atoms with Crippen molar-refractivity contribution >= 4 is 28.8 Å². The molecule has 6 rings (SSSR count). The number of hydrogen-bond donors (Lipinski definition) is 0. The van der Waals surface area contributed by atoms with Crippen molar-refractivity contribution in [3.8, 4) is 0 Å². The Morgan fingerprint density at radius 3 is 1.86 bits per heavy atom. The van der Waals surface area contributed by atoms with Crippen LogP contribution in [0.4, 0.5) is 4.39 Å². The summed E-state index contributed by atoms with van der Waals surface area (Å²) >= 11 is 0. The summed E-state index contributed by atoms with van der Waals surface area (Å²) in [6.45, 7) is 27.6. The molecular formula is C44H65FO11Si2. The number of carbonyl (C=O) groups excluding carboxylic acids is 2. The number of fused-ring (bicyclic) bond motifs is 2. The van der Waals surface area contributed by atoms with E-state index < -0.39 is 95.9 Å². The Hall–Kier alpha value is -2.54. The van der Waals surface area contributed by atoms with Gasteiger partial charge in [-0.15, -0.1) is 0 Å². The molecular weight excluding hydrogens is 780 g/mol. The average molecular weight is 845 g/mol. The zero-order valence-electron chi connectivity index (χ0n) is 36.5. The Labute approximate surface area is 346 Å². The number of alkyl halides is 1. The lowest BCUT2D eigenvalue weighted by atomic mass is 9.90. The minimum absolute atomic E-state index is 0.120. The van der Waals surface area contributed by atoms with E-state index in [1.165, 1.54) is 0 Å². The largest absolute Gasteiger partial charge is 0.452 e. The Morgan fingerprint density at radius 1 is 0.810 bits per heavy atom. The number of halogens is 1. The average Bonchev–Trinajstić information content (AvgIpc) is 3.45. The van der Waals surface area contributed by atoms with Crippen molar-refractivity contribution in [2.24, 2.45) is 0 Å². The molecule has 4 saturated heterocycles. The summed E-state index contributed by atoms with van der Waals surface area (Å²) in [5.41, 5.74) is 0.559. The quantitative estimate of drug-likeness (QED) is 0.178. The van der Waals surface area contributed by atoms with Gasteiger partial charge in [0.1, 0.15) is 24.5 Å². The van der Waals surface area contributed by atoms with Crippen LogP contribution >= 0.6 is 0 Å². The molecule has 2 aromatic carbocycles.